The van der Waals surface area contributed by atoms with Gasteiger partial charge < -0.3 is 5.32 Å². The van der Waals surface area contributed by atoms with Crippen molar-refractivity contribution in [1.82, 2.24) is 5.32 Å². The lowest BCUT2D eigenvalue weighted by atomic mass is 10.2. The van der Waals surface area contributed by atoms with Crippen molar-refractivity contribution in [3.8, 4) is 11.8 Å². The van der Waals surface area contributed by atoms with Crippen LogP contribution in [0.2, 0.25) is 0 Å². The fourth-order valence-electron chi connectivity index (χ4n) is 1.08. The smallest absolute Gasteiger partial charge is 0.251 e. The van der Waals surface area contributed by atoms with Crippen LogP contribution in [0, 0.1) is 11.8 Å². The summed E-state index contributed by atoms with van der Waals surface area (Å²) in [5.74, 6) is 5.60. The maximum absolute atomic E-state index is 11.5. The molecule has 0 unspecified atom stereocenters. The summed E-state index contributed by atoms with van der Waals surface area (Å²) < 4.78 is 0. The van der Waals surface area contributed by atoms with E-state index >= 15 is 0 Å². The number of thiol groups is 1. The van der Waals surface area contributed by atoms with Crippen molar-refractivity contribution in [2.45, 2.75) is 18.2 Å². The third-order valence-electron chi connectivity index (χ3n) is 1.84. The van der Waals surface area contributed by atoms with Crippen molar-refractivity contribution in [2.75, 3.05) is 6.54 Å². The van der Waals surface area contributed by atoms with Crippen LogP contribution in [-0.2, 0) is 0 Å². The molecule has 0 fully saturated rings. The number of hydrogen-bond acceptors (Lipinski definition) is 2. The quantitative estimate of drug-likeness (QED) is 0.455. The average Bonchev–Trinajstić information content (AvgIpc) is 2.25. The number of hydrogen-bond donors (Lipinski definition) is 2. The number of carbonyl (C=O) groups is 1. The highest BCUT2D eigenvalue weighted by Gasteiger charge is 2.02. The molecular weight excluding hydrogens is 206 g/mol. The van der Waals surface area contributed by atoms with Gasteiger partial charge in [0, 0.05) is 23.4 Å². The lowest BCUT2D eigenvalue weighted by molar-refractivity contribution is 0.0954. The van der Waals surface area contributed by atoms with E-state index in [1.165, 1.54) is 0 Å². The van der Waals surface area contributed by atoms with E-state index < -0.39 is 0 Å². The first-order valence-electron chi connectivity index (χ1n) is 4.71. The van der Waals surface area contributed by atoms with Crippen LogP contribution < -0.4 is 5.32 Å². The van der Waals surface area contributed by atoms with Gasteiger partial charge in [0.25, 0.3) is 5.91 Å². The summed E-state index contributed by atoms with van der Waals surface area (Å²) in [5, 5.41) is 2.79. The van der Waals surface area contributed by atoms with Crippen LogP contribution in [0.3, 0.4) is 0 Å². The Bertz CT molecular complexity index is 386. The Morgan fingerprint density at radius 1 is 1.40 bits per heavy atom. The highest BCUT2D eigenvalue weighted by molar-refractivity contribution is 7.80. The molecule has 0 heterocycles. The molecule has 1 rings (SSSR count). The zero-order valence-corrected chi connectivity index (χ0v) is 9.47. The van der Waals surface area contributed by atoms with E-state index in [1.54, 1.807) is 31.2 Å². The average molecular weight is 219 g/mol. The first-order valence-corrected chi connectivity index (χ1v) is 5.15. The summed E-state index contributed by atoms with van der Waals surface area (Å²) in [5.41, 5.74) is 0.650. The number of rotatable bonds is 3. The van der Waals surface area contributed by atoms with Crippen LogP contribution in [0.5, 0.6) is 0 Å². The molecular formula is C12H13NOS. The SMILES string of the molecule is CC#CCCNC(=O)c1ccc(S)cc1. The monoisotopic (exact) mass is 219 g/mol. The summed E-state index contributed by atoms with van der Waals surface area (Å²) in [4.78, 5) is 12.4. The molecule has 0 spiro atoms. The van der Waals surface area contributed by atoms with Gasteiger partial charge in [-0.05, 0) is 31.2 Å². The van der Waals surface area contributed by atoms with Crippen molar-refractivity contribution in [3.05, 3.63) is 29.8 Å². The predicted octanol–water partition coefficient (Wildman–Crippen LogP) is 2.12. The van der Waals surface area contributed by atoms with Crippen LogP contribution in [0.1, 0.15) is 23.7 Å². The van der Waals surface area contributed by atoms with Gasteiger partial charge in [-0.3, -0.25) is 4.79 Å². The fourth-order valence-corrected chi connectivity index (χ4v) is 1.23. The standard InChI is InChI=1S/C12H13NOS/c1-2-3-4-9-13-12(14)10-5-7-11(15)8-6-10/h5-8,15H,4,9H2,1H3,(H,13,14). The van der Waals surface area contributed by atoms with Crippen molar-refractivity contribution in [3.63, 3.8) is 0 Å². The lowest BCUT2D eigenvalue weighted by Crippen LogP contribution is -2.24. The molecule has 0 aliphatic rings. The van der Waals surface area contributed by atoms with E-state index in [9.17, 15) is 4.79 Å². The van der Waals surface area contributed by atoms with Gasteiger partial charge in [-0.2, -0.15) is 0 Å². The van der Waals surface area contributed by atoms with Crippen LogP contribution in [-0.4, -0.2) is 12.5 Å². The number of benzene rings is 1. The van der Waals surface area contributed by atoms with Crippen molar-refractivity contribution in [2.24, 2.45) is 0 Å². The molecule has 1 aromatic rings. The molecule has 0 aromatic heterocycles. The van der Waals surface area contributed by atoms with Gasteiger partial charge in [0.05, 0.1) is 0 Å². The van der Waals surface area contributed by atoms with E-state index in [2.05, 4.69) is 29.8 Å². The van der Waals surface area contributed by atoms with E-state index in [1.807, 2.05) is 0 Å². The third kappa shape index (κ3) is 4.09. The molecule has 0 aliphatic heterocycles. The summed E-state index contributed by atoms with van der Waals surface area (Å²) in [6, 6.07) is 7.10. The van der Waals surface area contributed by atoms with Crippen LogP contribution in [0.15, 0.2) is 29.2 Å². The Balaban J connectivity index is 2.46. The van der Waals surface area contributed by atoms with E-state index in [0.717, 1.165) is 4.90 Å². The second kappa shape index (κ2) is 6.15. The summed E-state index contributed by atoms with van der Waals surface area (Å²) >= 11 is 4.15. The van der Waals surface area contributed by atoms with Crippen molar-refractivity contribution >= 4 is 18.5 Å². The molecule has 3 heteroatoms. The summed E-state index contributed by atoms with van der Waals surface area (Å²) in [7, 11) is 0. The second-order valence-electron chi connectivity index (χ2n) is 2.98. The van der Waals surface area contributed by atoms with Crippen molar-refractivity contribution in [1.29, 1.82) is 0 Å². The van der Waals surface area contributed by atoms with E-state index in [0.29, 0.717) is 18.5 Å². The molecule has 0 radical (unpaired) electrons. The predicted molar refractivity (Wildman–Crippen MR) is 64.1 cm³/mol. The molecule has 1 amide bonds. The van der Waals surface area contributed by atoms with Gasteiger partial charge in [-0.1, -0.05) is 0 Å². The van der Waals surface area contributed by atoms with E-state index in [4.69, 9.17) is 0 Å². The Labute approximate surface area is 95.5 Å². The number of carbonyl (C=O) groups excluding carboxylic acids is 1. The molecule has 0 bridgehead atoms. The Morgan fingerprint density at radius 2 is 2.07 bits per heavy atom. The maximum Gasteiger partial charge on any atom is 0.251 e. The maximum atomic E-state index is 11.5. The van der Waals surface area contributed by atoms with E-state index in [-0.39, 0.29) is 5.91 Å². The molecule has 0 aliphatic carbocycles. The molecule has 2 nitrogen and oxygen atoms in total. The molecule has 1 aromatic carbocycles. The first-order chi connectivity index (χ1) is 7.24. The Hall–Kier alpha value is -1.40. The van der Waals surface area contributed by atoms with Gasteiger partial charge in [-0.15, -0.1) is 24.5 Å². The van der Waals surface area contributed by atoms with Gasteiger partial charge >= 0.3 is 0 Å². The minimum Gasteiger partial charge on any atom is -0.351 e. The van der Waals surface area contributed by atoms with Gasteiger partial charge in [-0.25, -0.2) is 0 Å². The van der Waals surface area contributed by atoms with Gasteiger partial charge in [0.15, 0.2) is 0 Å². The second-order valence-corrected chi connectivity index (χ2v) is 3.50. The zero-order chi connectivity index (χ0) is 11.1. The minimum absolute atomic E-state index is 0.0683. The van der Waals surface area contributed by atoms with Gasteiger partial charge in [0.2, 0.25) is 0 Å². The molecule has 0 atom stereocenters. The topological polar surface area (TPSA) is 29.1 Å². The number of amides is 1. The van der Waals surface area contributed by atoms with Crippen LogP contribution >= 0.6 is 12.6 Å². The number of nitrogens with one attached hydrogen (secondary N) is 1. The highest BCUT2D eigenvalue weighted by Crippen LogP contribution is 2.07. The first kappa shape index (κ1) is 11.7. The Morgan fingerprint density at radius 3 is 2.67 bits per heavy atom. The molecule has 15 heavy (non-hydrogen) atoms. The molecule has 0 saturated heterocycles. The third-order valence-corrected chi connectivity index (χ3v) is 2.14. The summed E-state index contributed by atoms with van der Waals surface area (Å²) in [6.45, 7) is 2.37. The molecule has 1 N–H and O–H groups in total. The fraction of sp³-hybridized carbons (Fsp3) is 0.250. The van der Waals surface area contributed by atoms with Gasteiger partial charge in [0.1, 0.15) is 0 Å². The lowest BCUT2D eigenvalue weighted by Gasteiger charge is -2.02. The Kier molecular flexibility index (Phi) is 4.79. The highest BCUT2D eigenvalue weighted by atomic mass is 32.1. The van der Waals surface area contributed by atoms with Crippen LogP contribution in [0.4, 0.5) is 0 Å². The normalized spacial score (nSPS) is 8.93. The summed E-state index contributed by atoms with van der Waals surface area (Å²) in [6.07, 6.45) is 0.687. The zero-order valence-electron chi connectivity index (χ0n) is 8.58. The largest absolute Gasteiger partial charge is 0.351 e. The molecule has 0 saturated carbocycles. The molecule has 78 valence electrons. The van der Waals surface area contributed by atoms with Crippen LogP contribution in [0.25, 0.3) is 0 Å². The van der Waals surface area contributed by atoms with Crippen molar-refractivity contribution < 1.29 is 4.79 Å². The minimum atomic E-state index is -0.0683.